The second kappa shape index (κ2) is 5.33. The van der Waals surface area contributed by atoms with Crippen LogP contribution >= 0.6 is 10.7 Å². The van der Waals surface area contributed by atoms with Crippen LogP contribution in [0.25, 0.3) is 0 Å². The lowest BCUT2D eigenvalue weighted by atomic mass is 10.3. The molecule has 0 aliphatic carbocycles. The standard InChI is InChI=1S/C10H10ClN3O5S/c1-19-9(16)6-3-12-10(13-4-6)14-5-7(2-8(14)15)20(11,17)18/h3-4,7H,2,5H2,1H3. The molecule has 1 unspecified atom stereocenters. The Morgan fingerprint density at radius 3 is 2.50 bits per heavy atom. The maximum Gasteiger partial charge on any atom is 0.341 e. The first-order valence-corrected chi connectivity index (χ1v) is 7.84. The minimum Gasteiger partial charge on any atom is -0.465 e. The Morgan fingerprint density at radius 2 is 2.05 bits per heavy atom. The van der Waals surface area contributed by atoms with Crippen molar-refractivity contribution in [2.75, 3.05) is 18.6 Å². The number of amides is 1. The number of halogens is 1. The number of anilines is 1. The number of carbonyl (C=O) groups excluding carboxylic acids is 2. The third kappa shape index (κ3) is 2.88. The smallest absolute Gasteiger partial charge is 0.341 e. The number of ether oxygens (including phenoxy) is 1. The lowest BCUT2D eigenvalue weighted by molar-refractivity contribution is -0.117. The van der Waals surface area contributed by atoms with Gasteiger partial charge in [-0.15, -0.1) is 0 Å². The summed E-state index contributed by atoms with van der Waals surface area (Å²) in [6, 6.07) is 0. The highest BCUT2D eigenvalue weighted by molar-refractivity contribution is 8.14. The quantitative estimate of drug-likeness (QED) is 0.567. The third-order valence-corrected chi connectivity index (χ3v) is 4.66. The number of methoxy groups -OCH3 is 1. The lowest BCUT2D eigenvalue weighted by Crippen LogP contribution is -2.28. The van der Waals surface area contributed by atoms with Gasteiger partial charge in [0.1, 0.15) is 5.25 Å². The summed E-state index contributed by atoms with van der Waals surface area (Å²) < 4.78 is 26.9. The highest BCUT2D eigenvalue weighted by Crippen LogP contribution is 2.24. The van der Waals surface area contributed by atoms with Crippen molar-refractivity contribution in [3.05, 3.63) is 18.0 Å². The van der Waals surface area contributed by atoms with Crippen molar-refractivity contribution in [2.45, 2.75) is 11.7 Å². The zero-order chi connectivity index (χ0) is 14.9. The molecule has 20 heavy (non-hydrogen) atoms. The molecule has 1 fully saturated rings. The molecule has 10 heteroatoms. The van der Waals surface area contributed by atoms with E-state index >= 15 is 0 Å². The summed E-state index contributed by atoms with van der Waals surface area (Å²) in [6.45, 7) is -0.109. The molecule has 8 nitrogen and oxygen atoms in total. The largest absolute Gasteiger partial charge is 0.465 e. The average Bonchev–Trinajstić information content (AvgIpc) is 2.80. The van der Waals surface area contributed by atoms with Gasteiger partial charge >= 0.3 is 5.97 Å². The van der Waals surface area contributed by atoms with Crippen LogP contribution in [0.5, 0.6) is 0 Å². The molecule has 1 amide bonds. The summed E-state index contributed by atoms with van der Waals surface area (Å²) in [6.07, 6.45) is 2.18. The number of esters is 1. The normalized spacial score (nSPS) is 19.2. The van der Waals surface area contributed by atoms with Crippen LogP contribution in [0.3, 0.4) is 0 Å². The molecule has 2 rings (SSSR count). The summed E-state index contributed by atoms with van der Waals surface area (Å²) in [5, 5.41) is -0.986. The molecule has 0 spiro atoms. The Kier molecular flexibility index (Phi) is 3.91. The molecular weight excluding hydrogens is 310 g/mol. The lowest BCUT2D eigenvalue weighted by Gasteiger charge is -2.13. The SMILES string of the molecule is COC(=O)c1cnc(N2CC(S(=O)(=O)Cl)CC2=O)nc1. The van der Waals surface area contributed by atoms with Crippen LogP contribution in [0.15, 0.2) is 12.4 Å². The van der Waals surface area contributed by atoms with E-state index in [9.17, 15) is 18.0 Å². The molecule has 2 heterocycles. The zero-order valence-corrected chi connectivity index (χ0v) is 11.9. The highest BCUT2D eigenvalue weighted by Gasteiger charge is 2.39. The topological polar surface area (TPSA) is 107 Å². The van der Waals surface area contributed by atoms with Gasteiger partial charge in [-0.3, -0.25) is 9.69 Å². The maximum absolute atomic E-state index is 11.7. The van der Waals surface area contributed by atoms with E-state index in [1.54, 1.807) is 0 Å². The van der Waals surface area contributed by atoms with E-state index in [0.717, 1.165) is 4.90 Å². The first-order chi connectivity index (χ1) is 9.32. The molecule has 0 bridgehead atoms. The van der Waals surface area contributed by atoms with Gasteiger partial charge in [0.15, 0.2) is 0 Å². The molecule has 108 valence electrons. The van der Waals surface area contributed by atoms with Crippen LogP contribution < -0.4 is 4.90 Å². The zero-order valence-electron chi connectivity index (χ0n) is 10.3. The predicted molar refractivity (Wildman–Crippen MR) is 68.9 cm³/mol. The van der Waals surface area contributed by atoms with Gasteiger partial charge in [0, 0.05) is 36.0 Å². The van der Waals surface area contributed by atoms with Gasteiger partial charge in [-0.2, -0.15) is 0 Å². The van der Waals surface area contributed by atoms with Gasteiger partial charge in [-0.1, -0.05) is 0 Å². The van der Waals surface area contributed by atoms with Gasteiger partial charge in [-0.25, -0.2) is 23.2 Å². The predicted octanol–water partition coefficient (Wildman–Crippen LogP) is -0.0629. The fourth-order valence-electron chi connectivity index (χ4n) is 1.74. The molecule has 1 saturated heterocycles. The van der Waals surface area contributed by atoms with Crippen LogP contribution in [-0.4, -0.2) is 49.2 Å². The minimum absolute atomic E-state index is 0.0190. The number of hydrogen-bond acceptors (Lipinski definition) is 7. The first-order valence-electron chi connectivity index (χ1n) is 5.47. The van der Waals surface area contributed by atoms with Crippen molar-refractivity contribution in [2.24, 2.45) is 0 Å². The second-order valence-corrected chi connectivity index (χ2v) is 6.98. The van der Waals surface area contributed by atoms with Crippen molar-refractivity contribution in [3.8, 4) is 0 Å². The summed E-state index contributed by atoms with van der Waals surface area (Å²) in [5.74, 6) is -1.03. The summed E-state index contributed by atoms with van der Waals surface area (Å²) in [5.41, 5.74) is 0.129. The summed E-state index contributed by atoms with van der Waals surface area (Å²) in [7, 11) is 2.63. The van der Waals surface area contributed by atoms with Crippen LogP contribution in [0.1, 0.15) is 16.8 Å². The second-order valence-electron chi connectivity index (χ2n) is 4.07. The number of rotatable bonds is 3. The van der Waals surface area contributed by atoms with E-state index in [-0.39, 0.29) is 24.5 Å². The fourth-order valence-corrected chi connectivity index (χ4v) is 2.77. The molecule has 0 saturated carbocycles. The number of hydrogen-bond donors (Lipinski definition) is 0. The fraction of sp³-hybridized carbons (Fsp3) is 0.400. The van der Waals surface area contributed by atoms with E-state index < -0.39 is 26.2 Å². The molecule has 1 aromatic rings. The van der Waals surface area contributed by atoms with Gasteiger partial charge in [-0.05, 0) is 0 Å². The maximum atomic E-state index is 11.7. The van der Waals surface area contributed by atoms with Crippen molar-refractivity contribution < 1.29 is 22.7 Å². The first kappa shape index (κ1) is 14.7. The van der Waals surface area contributed by atoms with Crippen LogP contribution in [-0.2, 0) is 18.6 Å². The number of aromatic nitrogens is 2. The molecular formula is C10H10ClN3O5S. The third-order valence-electron chi connectivity index (χ3n) is 2.79. The molecule has 0 radical (unpaired) electrons. The Morgan fingerprint density at radius 1 is 1.45 bits per heavy atom. The monoisotopic (exact) mass is 319 g/mol. The van der Waals surface area contributed by atoms with Crippen LogP contribution in [0, 0.1) is 0 Å². The number of nitrogens with zero attached hydrogens (tertiary/aromatic N) is 3. The Labute approximate surface area is 119 Å². The van der Waals surface area contributed by atoms with E-state index in [2.05, 4.69) is 14.7 Å². The van der Waals surface area contributed by atoms with Gasteiger partial charge < -0.3 is 4.74 Å². The highest BCUT2D eigenvalue weighted by atomic mass is 35.7. The van der Waals surface area contributed by atoms with Gasteiger partial charge in [0.25, 0.3) is 0 Å². The van der Waals surface area contributed by atoms with E-state index in [4.69, 9.17) is 10.7 Å². The molecule has 1 atom stereocenters. The van der Waals surface area contributed by atoms with Crippen molar-refractivity contribution >= 4 is 37.6 Å². The van der Waals surface area contributed by atoms with Gasteiger partial charge in [0.05, 0.1) is 12.7 Å². The van der Waals surface area contributed by atoms with Crippen LogP contribution in [0.4, 0.5) is 5.95 Å². The van der Waals surface area contributed by atoms with E-state index in [1.807, 2.05) is 0 Å². The van der Waals surface area contributed by atoms with Crippen molar-refractivity contribution in [3.63, 3.8) is 0 Å². The van der Waals surface area contributed by atoms with E-state index in [0.29, 0.717) is 0 Å². The van der Waals surface area contributed by atoms with Crippen molar-refractivity contribution in [1.82, 2.24) is 9.97 Å². The Balaban J connectivity index is 2.21. The van der Waals surface area contributed by atoms with Gasteiger partial charge in [0.2, 0.25) is 20.9 Å². The number of carbonyl (C=O) groups is 2. The molecule has 0 N–H and O–H groups in total. The average molecular weight is 320 g/mol. The Bertz CT molecular complexity index is 645. The van der Waals surface area contributed by atoms with E-state index in [1.165, 1.54) is 19.5 Å². The minimum atomic E-state index is -3.82. The summed E-state index contributed by atoms with van der Waals surface area (Å²) >= 11 is 0. The molecule has 1 aromatic heterocycles. The van der Waals surface area contributed by atoms with Crippen LogP contribution in [0.2, 0.25) is 0 Å². The molecule has 1 aliphatic heterocycles. The van der Waals surface area contributed by atoms with Crippen molar-refractivity contribution in [1.29, 1.82) is 0 Å². The molecule has 1 aliphatic rings. The molecule has 0 aromatic carbocycles. The summed E-state index contributed by atoms with van der Waals surface area (Å²) in [4.78, 5) is 31.8. The Hall–Kier alpha value is -1.74.